The summed E-state index contributed by atoms with van der Waals surface area (Å²) in [6.45, 7) is 1.33. The smallest absolute Gasteiger partial charge is 0.452 e. The van der Waals surface area contributed by atoms with Gasteiger partial charge in [-0.2, -0.15) is 26.7 Å². The van der Waals surface area contributed by atoms with Crippen molar-refractivity contribution in [3.05, 3.63) is 28.8 Å². The van der Waals surface area contributed by atoms with Gasteiger partial charge in [0.15, 0.2) is 0 Å². The predicted molar refractivity (Wildman–Crippen MR) is 77.8 cm³/mol. The van der Waals surface area contributed by atoms with Crippen LogP contribution in [0.15, 0.2) is 23.3 Å². The summed E-state index contributed by atoms with van der Waals surface area (Å²) in [6.07, 6.45) is -0.913. The minimum atomic E-state index is -5.62. The van der Waals surface area contributed by atoms with Crippen LogP contribution in [0.2, 0.25) is 5.02 Å². The van der Waals surface area contributed by atoms with Crippen LogP contribution in [-0.4, -0.2) is 32.8 Å². The van der Waals surface area contributed by atoms with Crippen LogP contribution in [0, 0.1) is 0 Å². The lowest BCUT2D eigenvalue weighted by atomic mass is 10.1. The topological polar surface area (TPSA) is 96.9 Å². The van der Waals surface area contributed by atoms with Gasteiger partial charge in [-0.1, -0.05) is 11.6 Å². The molecule has 0 aliphatic heterocycles. The van der Waals surface area contributed by atoms with Crippen molar-refractivity contribution in [2.75, 3.05) is 11.8 Å². The van der Waals surface area contributed by atoms with Gasteiger partial charge in [0.2, 0.25) is 0 Å². The van der Waals surface area contributed by atoms with E-state index >= 15 is 0 Å². The fraction of sp³-hybridized carbons (Fsp3) is 0.273. The third-order valence-electron chi connectivity index (χ3n) is 2.42. The van der Waals surface area contributed by atoms with E-state index in [2.05, 4.69) is 9.84 Å². The number of ether oxygens (including phenoxy) is 1. The highest BCUT2D eigenvalue weighted by Gasteiger charge is 2.46. The molecule has 0 saturated carbocycles. The molecule has 12 heteroatoms. The first-order chi connectivity index (χ1) is 10.5. The summed E-state index contributed by atoms with van der Waals surface area (Å²) < 4.78 is 65.4. The van der Waals surface area contributed by atoms with Crippen LogP contribution in [0.1, 0.15) is 12.5 Å². The Hall–Kier alpha value is -2.01. The van der Waals surface area contributed by atoms with Gasteiger partial charge in [-0.3, -0.25) is 4.72 Å². The Labute approximate surface area is 134 Å². The third kappa shape index (κ3) is 4.99. The average molecular weight is 374 g/mol. The van der Waals surface area contributed by atoms with Crippen molar-refractivity contribution in [1.82, 2.24) is 5.43 Å². The number of methoxy groups -OCH3 is 1. The maximum Gasteiger partial charge on any atom is 0.516 e. The molecular formula is C11H11ClF3N3O4S. The maximum absolute atomic E-state index is 12.5. The molecule has 1 amide bonds. The van der Waals surface area contributed by atoms with Crippen molar-refractivity contribution in [1.29, 1.82) is 0 Å². The minimum Gasteiger partial charge on any atom is -0.452 e. The minimum absolute atomic E-state index is 0.00206. The predicted octanol–water partition coefficient (Wildman–Crippen LogP) is 2.68. The number of carbonyl (C=O) groups is 1. The second-order valence-corrected chi connectivity index (χ2v) is 6.15. The van der Waals surface area contributed by atoms with Crippen LogP contribution >= 0.6 is 11.6 Å². The molecule has 23 heavy (non-hydrogen) atoms. The molecule has 0 heterocycles. The Morgan fingerprint density at radius 3 is 2.48 bits per heavy atom. The molecule has 0 unspecified atom stereocenters. The first-order valence-electron chi connectivity index (χ1n) is 5.75. The standard InChI is InChI=1S/C11H11ClF3N3O4S/c1-6(16-17-10(19)22-2)8-5-7(12)3-4-9(8)18-23(20,21)11(13,14)15/h3-5,18H,1-2H3,(H,17,19)/b16-6+. The SMILES string of the molecule is COC(=O)N/N=C(\C)c1cc(Cl)ccc1NS(=O)(=O)C(F)(F)F. The van der Waals surface area contributed by atoms with Crippen molar-refractivity contribution in [3.63, 3.8) is 0 Å². The summed E-state index contributed by atoms with van der Waals surface area (Å²) in [7, 11) is -4.53. The normalized spacial score (nSPS) is 12.7. The number of alkyl halides is 3. The number of nitrogens with zero attached hydrogens (tertiary/aromatic N) is 1. The molecule has 0 atom stereocenters. The van der Waals surface area contributed by atoms with Crippen LogP contribution in [0.4, 0.5) is 23.7 Å². The van der Waals surface area contributed by atoms with E-state index in [1.54, 1.807) is 0 Å². The molecule has 7 nitrogen and oxygen atoms in total. The lowest BCUT2D eigenvalue weighted by Gasteiger charge is -2.14. The molecule has 128 valence electrons. The van der Waals surface area contributed by atoms with Crippen molar-refractivity contribution in [2.24, 2.45) is 5.10 Å². The second-order valence-electron chi connectivity index (χ2n) is 4.04. The number of amides is 1. The number of hydrogen-bond donors (Lipinski definition) is 2. The largest absolute Gasteiger partial charge is 0.516 e. The van der Waals surface area contributed by atoms with Crippen LogP contribution < -0.4 is 10.1 Å². The van der Waals surface area contributed by atoms with Crippen molar-refractivity contribution < 1.29 is 31.1 Å². The first kappa shape index (κ1) is 19.0. The average Bonchev–Trinajstić information content (AvgIpc) is 2.44. The summed E-state index contributed by atoms with van der Waals surface area (Å²) in [6, 6.07) is 3.42. The highest BCUT2D eigenvalue weighted by molar-refractivity contribution is 7.93. The Kier molecular flexibility index (Phi) is 5.83. The van der Waals surface area contributed by atoms with E-state index in [9.17, 15) is 26.4 Å². The van der Waals surface area contributed by atoms with Crippen LogP contribution in [0.5, 0.6) is 0 Å². The number of benzene rings is 1. The van der Waals surface area contributed by atoms with Gasteiger partial charge >= 0.3 is 21.6 Å². The number of nitrogens with one attached hydrogen (secondary N) is 2. The Balaban J connectivity index is 3.24. The van der Waals surface area contributed by atoms with Gasteiger partial charge < -0.3 is 4.74 Å². The van der Waals surface area contributed by atoms with E-state index in [1.165, 1.54) is 23.8 Å². The summed E-state index contributed by atoms with van der Waals surface area (Å²) in [5, 5.41) is 3.70. The monoisotopic (exact) mass is 373 g/mol. The number of sulfonamides is 1. The van der Waals surface area contributed by atoms with Crippen molar-refractivity contribution in [2.45, 2.75) is 12.4 Å². The van der Waals surface area contributed by atoms with E-state index in [0.717, 1.165) is 13.2 Å². The Morgan fingerprint density at radius 2 is 1.96 bits per heavy atom. The molecule has 0 aromatic heterocycles. The molecule has 0 bridgehead atoms. The van der Waals surface area contributed by atoms with Gasteiger partial charge in [-0.05, 0) is 25.1 Å². The molecule has 0 spiro atoms. The van der Waals surface area contributed by atoms with Gasteiger partial charge in [0, 0.05) is 10.6 Å². The van der Waals surface area contributed by atoms with Gasteiger partial charge in [0.25, 0.3) is 0 Å². The van der Waals surface area contributed by atoms with Gasteiger partial charge in [0.1, 0.15) is 0 Å². The molecule has 1 rings (SSSR count). The number of rotatable bonds is 4. The maximum atomic E-state index is 12.5. The van der Waals surface area contributed by atoms with Crippen molar-refractivity contribution in [3.8, 4) is 0 Å². The first-order valence-corrected chi connectivity index (χ1v) is 7.61. The van der Waals surface area contributed by atoms with E-state index in [4.69, 9.17) is 11.6 Å². The lowest BCUT2D eigenvalue weighted by molar-refractivity contribution is -0.0429. The van der Waals surface area contributed by atoms with Crippen LogP contribution in [0.3, 0.4) is 0 Å². The summed E-state index contributed by atoms with van der Waals surface area (Å²) in [5.41, 5.74) is -3.99. The molecule has 0 radical (unpaired) electrons. The third-order valence-corrected chi connectivity index (χ3v) is 3.75. The molecule has 0 fully saturated rings. The van der Waals surface area contributed by atoms with E-state index < -0.39 is 27.3 Å². The molecule has 1 aromatic carbocycles. The summed E-state index contributed by atoms with van der Waals surface area (Å²) >= 11 is 5.75. The number of anilines is 1. The van der Waals surface area contributed by atoms with E-state index in [1.807, 2.05) is 5.43 Å². The van der Waals surface area contributed by atoms with E-state index in [0.29, 0.717) is 0 Å². The summed E-state index contributed by atoms with van der Waals surface area (Å²) in [4.78, 5) is 10.9. The zero-order valence-corrected chi connectivity index (χ0v) is 13.3. The number of hydrogen-bond acceptors (Lipinski definition) is 5. The fourth-order valence-corrected chi connectivity index (χ4v) is 2.10. The quantitative estimate of drug-likeness (QED) is 0.626. The Bertz CT molecular complexity index is 735. The molecule has 2 N–H and O–H groups in total. The summed E-state index contributed by atoms with van der Waals surface area (Å²) in [5.74, 6) is 0. The highest BCUT2D eigenvalue weighted by Crippen LogP contribution is 2.28. The molecular weight excluding hydrogens is 363 g/mol. The highest BCUT2D eigenvalue weighted by atomic mass is 35.5. The Morgan fingerprint density at radius 1 is 1.35 bits per heavy atom. The van der Waals surface area contributed by atoms with Gasteiger partial charge in [-0.25, -0.2) is 10.2 Å². The number of hydrazone groups is 1. The van der Waals surface area contributed by atoms with Crippen LogP contribution in [0.25, 0.3) is 0 Å². The zero-order chi connectivity index (χ0) is 17.8. The van der Waals surface area contributed by atoms with Gasteiger partial charge in [-0.15, -0.1) is 0 Å². The lowest BCUT2D eigenvalue weighted by Crippen LogP contribution is -2.30. The molecule has 0 aliphatic carbocycles. The van der Waals surface area contributed by atoms with Crippen LogP contribution in [-0.2, 0) is 14.8 Å². The molecule has 1 aromatic rings. The van der Waals surface area contributed by atoms with Crippen molar-refractivity contribution >= 4 is 39.1 Å². The zero-order valence-electron chi connectivity index (χ0n) is 11.7. The molecule has 0 aliphatic rings. The number of carbonyl (C=O) groups excluding carboxylic acids is 1. The fourth-order valence-electron chi connectivity index (χ4n) is 1.34. The number of halogens is 4. The second kappa shape index (κ2) is 7.04. The van der Waals surface area contributed by atoms with E-state index in [-0.39, 0.29) is 16.3 Å². The molecule has 0 saturated heterocycles. The van der Waals surface area contributed by atoms with Gasteiger partial charge in [0.05, 0.1) is 18.5 Å².